The van der Waals surface area contributed by atoms with Crippen LogP contribution in [-0.2, 0) is 11.2 Å². The number of furan rings is 1. The molecule has 5 nitrogen and oxygen atoms in total. The lowest BCUT2D eigenvalue weighted by Crippen LogP contribution is -2.42. The summed E-state index contributed by atoms with van der Waals surface area (Å²) in [6.07, 6.45) is 0.191. The first-order chi connectivity index (χ1) is 9.56. The highest BCUT2D eigenvalue weighted by Gasteiger charge is 2.22. The van der Waals surface area contributed by atoms with Crippen LogP contribution in [0.2, 0.25) is 5.22 Å². The maximum absolute atomic E-state index is 11.8. The second kappa shape index (κ2) is 6.25. The number of amides is 1. The molecule has 0 aliphatic heterocycles. The number of nitrogens with one attached hydrogen (secondary N) is 1. The van der Waals surface area contributed by atoms with Gasteiger partial charge in [0.05, 0.1) is 0 Å². The van der Waals surface area contributed by atoms with E-state index in [2.05, 4.69) is 5.32 Å². The van der Waals surface area contributed by atoms with Crippen molar-refractivity contribution in [3.05, 3.63) is 59.0 Å². The monoisotopic (exact) mass is 293 g/mol. The molecule has 0 fully saturated rings. The average Bonchev–Trinajstić information content (AvgIpc) is 2.86. The summed E-state index contributed by atoms with van der Waals surface area (Å²) < 4.78 is 4.94. The molecular formula is C14H12ClNO4. The van der Waals surface area contributed by atoms with Crippen molar-refractivity contribution in [3.8, 4) is 0 Å². The highest BCUT2D eigenvalue weighted by atomic mass is 35.5. The first kappa shape index (κ1) is 14.1. The van der Waals surface area contributed by atoms with Crippen molar-refractivity contribution in [1.82, 2.24) is 5.32 Å². The third-order valence-corrected chi connectivity index (χ3v) is 2.89. The molecular weight excluding hydrogens is 282 g/mol. The normalized spacial score (nSPS) is 11.8. The Labute approximate surface area is 120 Å². The second-order valence-electron chi connectivity index (χ2n) is 4.16. The molecule has 0 saturated heterocycles. The van der Waals surface area contributed by atoms with Gasteiger partial charge in [0.1, 0.15) is 6.04 Å². The fraction of sp³-hybridized carbons (Fsp3) is 0.143. The number of carbonyl (C=O) groups is 2. The molecule has 1 atom stereocenters. The van der Waals surface area contributed by atoms with Crippen LogP contribution >= 0.6 is 11.6 Å². The molecule has 6 heteroatoms. The molecule has 2 rings (SSSR count). The van der Waals surface area contributed by atoms with Gasteiger partial charge in [0, 0.05) is 6.42 Å². The van der Waals surface area contributed by atoms with Gasteiger partial charge in [-0.2, -0.15) is 0 Å². The molecule has 0 saturated carbocycles. The Kier molecular flexibility index (Phi) is 4.42. The standard InChI is InChI=1S/C14H12ClNO4/c15-12-7-6-11(20-12)13(17)16-10(14(18)19)8-9-4-2-1-3-5-9/h1-7,10H,8H2,(H,16,17)(H,18,19). The summed E-state index contributed by atoms with van der Waals surface area (Å²) in [5, 5.41) is 11.6. The first-order valence-corrected chi connectivity index (χ1v) is 6.27. The fourth-order valence-corrected chi connectivity index (χ4v) is 1.86. The Morgan fingerprint density at radius 2 is 1.90 bits per heavy atom. The summed E-state index contributed by atoms with van der Waals surface area (Å²) >= 11 is 5.57. The number of aliphatic carboxylic acids is 1. The van der Waals surface area contributed by atoms with Crippen molar-refractivity contribution in [2.24, 2.45) is 0 Å². The first-order valence-electron chi connectivity index (χ1n) is 5.89. The van der Waals surface area contributed by atoms with Gasteiger partial charge in [0.15, 0.2) is 11.0 Å². The molecule has 1 aromatic heterocycles. The molecule has 1 unspecified atom stereocenters. The molecule has 0 aliphatic carbocycles. The Morgan fingerprint density at radius 1 is 1.20 bits per heavy atom. The summed E-state index contributed by atoms with van der Waals surface area (Å²) in [4.78, 5) is 23.0. The number of carbonyl (C=O) groups excluding carboxylic acids is 1. The van der Waals surface area contributed by atoms with E-state index in [0.717, 1.165) is 5.56 Å². The molecule has 104 valence electrons. The van der Waals surface area contributed by atoms with Crippen molar-refractivity contribution in [1.29, 1.82) is 0 Å². The minimum Gasteiger partial charge on any atom is -0.480 e. The molecule has 0 spiro atoms. The predicted octanol–water partition coefficient (Wildman–Crippen LogP) is 2.36. The summed E-state index contributed by atoms with van der Waals surface area (Å²) in [6, 6.07) is 10.8. The summed E-state index contributed by atoms with van der Waals surface area (Å²) in [6.45, 7) is 0. The number of hydrogen-bond donors (Lipinski definition) is 2. The third kappa shape index (κ3) is 3.61. The average molecular weight is 294 g/mol. The number of halogens is 1. The van der Waals surface area contributed by atoms with Crippen LogP contribution in [0.5, 0.6) is 0 Å². The SMILES string of the molecule is O=C(NC(Cc1ccccc1)C(=O)O)c1ccc(Cl)o1. The lowest BCUT2D eigenvalue weighted by molar-refractivity contribution is -0.139. The zero-order chi connectivity index (χ0) is 14.5. The van der Waals surface area contributed by atoms with Crippen LogP contribution in [0.1, 0.15) is 16.1 Å². The summed E-state index contributed by atoms with van der Waals surface area (Å²) in [5.41, 5.74) is 0.817. The molecule has 0 radical (unpaired) electrons. The molecule has 0 bridgehead atoms. The largest absolute Gasteiger partial charge is 0.480 e. The van der Waals surface area contributed by atoms with E-state index in [4.69, 9.17) is 21.1 Å². The second-order valence-corrected chi connectivity index (χ2v) is 4.53. The van der Waals surface area contributed by atoms with Gasteiger partial charge in [0.2, 0.25) is 0 Å². The molecule has 2 aromatic rings. The number of benzene rings is 1. The third-order valence-electron chi connectivity index (χ3n) is 2.68. The van der Waals surface area contributed by atoms with Crippen molar-refractivity contribution in [2.45, 2.75) is 12.5 Å². The van der Waals surface area contributed by atoms with E-state index in [-0.39, 0.29) is 17.4 Å². The number of carboxylic acids is 1. The van der Waals surface area contributed by atoms with Crippen molar-refractivity contribution < 1.29 is 19.1 Å². The highest BCUT2D eigenvalue weighted by Crippen LogP contribution is 2.13. The smallest absolute Gasteiger partial charge is 0.326 e. The van der Waals surface area contributed by atoms with E-state index in [1.165, 1.54) is 12.1 Å². The van der Waals surface area contributed by atoms with Gasteiger partial charge in [-0.15, -0.1) is 0 Å². The van der Waals surface area contributed by atoms with Gasteiger partial charge < -0.3 is 14.8 Å². The van der Waals surface area contributed by atoms with Crippen molar-refractivity contribution in [3.63, 3.8) is 0 Å². The topological polar surface area (TPSA) is 79.5 Å². The van der Waals surface area contributed by atoms with Crippen LogP contribution in [0.3, 0.4) is 0 Å². The Balaban J connectivity index is 2.06. The lowest BCUT2D eigenvalue weighted by atomic mass is 10.1. The summed E-state index contributed by atoms with van der Waals surface area (Å²) in [7, 11) is 0. The molecule has 1 aromatic carbocycles. The Morgan fingerprint density at radius 3 is 2.45 bits per heavy atom. The Hall–Kier alpha value is -2.27. The van der Waals surface area contributed by atoms with Gasteiger partial charge in [-0.3, -0.25) is 4.79 Å². The van der Waals surface area contributed by atoms with E-state index < -0.39 is 17.9 Å². The fourth-order valence-electron chi connectivity index (χ4n) is 1.72. The van der Waals surface area contributed by atoms with E-state index >= 15 is 0 Å². The van der Waals surface area contributed by atoms with Crippen LogP contribution in [-0.4, -0.2) is 23.0 Å². The van der Waals surface area contributed by atoms with Crippen LogP contribution in [0.15, 0.2) is 46.9 Å². The van der Waals surface area contributed by atoms with E-state index in [0.29, 0.717) is 0 Å². The zero-order valence-corrected chi connectivity index (χ0v) is 11.1. The number of rotatable bonds is 5. The van der Waals surface area contributed by atoms with E-state index in [1.54, 1.807) is 12.1 Å². The van der Waals surface area contributed by atoms with E-state index in [9.17, 15) is 9.59 Å². The number of hydrogen-bond acceptors (Lipinski definition) is 3. The Bertz CT molecular complexity index is 609. The molecule has 1 amide bonds. The van der Waals surface area contributed by atoms with Gasteiger partial charge in [-0.05, 0) is 29.3 Å². The van der Waals surface area contributed by atoms with Crippen LogP contribution in [0.25, 0.3) is 0 Å². The molecule has 0 aliphatic rings. The molecule has 20 heavy (non-hydrogen) atoms. The van der Waals surface area contributed by atoms with Gasteiger partial charge in [0.25, 0.3) is 5.91 Å². The van der Waals surface area contributed by atoms with E-state index in [1.807, 2.05) is 18.2 Å². The van der Waals surface area contributed by atoms with Gasteiger partial charge >= 0.3 is 5.97 Å². The lowest BCUT2D eigenvalue weighted by Gasteiger charge is -2.13. The maximum Gasteiger partial charge on any atom is 0.326 e. The molecule has 2 N–H and O–H groups in total. The van der Waals surface area contributed by atoms with Gasteiger partial charge in [-0.1, -0.05) is 30.3 Å². The van der Waals surface area contributed by atoms with Crippen LogP contribution < -0.4 is 5.32 Å². The number of carboxylic acid groups (broad SMARTS) is 1. The van der Waals surface area contributed by atoms with Crippen molar-refractivity contribution >= 4 is 23.5 Å². The predicted molar refractivity (Wildman–Crippen MR) is 72.8 cm³/mol. The van der Waals surface area contributed by atoms with Crippen molar-refractivity contribution in [2.75, 3.05) is 0 Å². The van der Waals surface area contributed by atoms with Crippen LogP contribution in [0, 0.1) is 0 Å². The minimum absolute atomic E-state index is 0.0192. The zero-order valence-electron chi connectivity index (χ0n) is 10.4. The highest BCUT2D eigenvalue weighted by molar-refractivity contribution is 6.29. The maximum atomic E-state index is 11.8. The van der Waals surface area contributed by atoms with Crippen LogP contribution in [0.4, 0.5) is 0 Å². The van der Waals surface area contributed by atoms with Gasteiger partial charge in [-0.25, -0.2) is 4.79 Å². The summed E-state index contributed by atoms with van der Waals surface area (Å²) in [5.74, 6) is -1.74. The quantitative estimate of drug-likeness (QED) is 0.887. The molecule has 1 heterocycles. The minimum atomic E-state index is -1.11.